The topological polar surface area (TPSA) is 0 Å². The van der Waals surface area contributed by atoms with Gasteiger partial charge in [-0.25, -0.2) is 0 Å². The summed E-state index contributed by atoms with van der Waals surface area (Å²) in [6.07, 6.45) is 3.80. The number of fused-ring (bicyclic) bond motifs is 5. The van der Waals surface area contributed by atoms with Gasteiger partial charge in [-0.05, 0) is 87.0 Å². The molecule has 1 aliphatic carbocycles. The second kappa shape index (κ2) is 4.08. The zero-order chi connectivity index (χ0) is 13.8. The predicted octanol–water partition coefficient (Wildman–Crippen LogP) is 5.63. The van der Waals surface area contributed by atoms with Crippen LogP contribution in [0.4, 0.5) is 0 Å². The first-order valence-corrected chi connectivity index (χ1v) is 7.75. The first kappa shape index (κ1) is 11.3. The molecule has 0 heterocycles. The van der Waals surface area contributed by atoms with Crippen LogP contribution in [0.15, 0.2) is 60.7 Å². The lowest BCUT2D eigenvalue weighted by Crippen LogP contribution is -1.86. The van der Waals surface area contributed by atoms with E-state index in [4.69, 9.17) is 0 Å². The van der Waals surface area contributed by atoms with Crippen LogP contribution in [-0.2, 0) is 12.8 Å². The minimum Gasteiger partial charge on any atom is -0.0616 e. The molecule has 1 aliphatic rings. The van der Waals surface area contributed by atoms with Crippen LogP contribution < -0.4 is 0 Å². The second-order valence-electron chi connectivity index (χ2n) is 6.18. The fraction of sp³-hybridized carbons (Fsp3) is 0.143. The van der Waals surface area contributed by atoms with Crippen molar-refractivity contribution in [3.63, 3.8) is 0 Å². The summed E-state index contributed by atoms with van der Waals surface area (Å²) in [4.78, 5) is 0. The first-order chi connectivity index (χ1) is 10.4. The molecule has 0 saturated carbocycles. The molecule has 0 atom stereocenters. The maximum atomic E-state index is 2.40. The second-order valence-corrected chi connectivity index (χ2v) is 6.18. The van der Waals surface area contributed by atoms with Crippen LogP contribution >= 0.6 is 0 Å². The maximum Gasteiger partial charge on any atom is -0.0143 e. The van der Waals surface area contributed by atoms with E-state index in [0.29, 0.717) is 0 Å². The molecule has 0 fully saturated rings. The van der Waals surface area contributed by atoms with E-state index in [1.807, 2.05) is 0 Å². The van der Waals surface area contributed by atoms with E-state index in [1.165, 1.54) is 51.6 Å². The van der Waals surface area contributed by atoms with E-state index in [-0.39, 0.29) is 0 Å². The van der Waals surface area contributed by atoms with Gasteiger partial charge in [0.15, 0.2) is 0 Å². The molecule has 0 unspecified atom stereocenters. The maximum absolute atomic E-state index is 2.40. The van der Waals surface area contributed by atoms with E-state index in [1.54, 1.807) is 11.1 Å². The van der Waals surface area contributed by atoms with E-state index in [2.05, 4.69) is 60.7 Å². The third-order valence-electron chi connectivity index (χ3n) is 4.92. The average Bonchev–Trinajstić information content (AvgIpc) is 3.00. The van der Waals surface area contributed by atoms with Gasteiger partial charge in [-0.2, -0.15) is 0 Å². The van der Waals surface area contributed by atoms with Crippen LogP contribution in [0, 0.1) is 0 Å². The summed E-state index contributed by atoms with van der Waals surface area (Å²) in [6, 6.07) is 22.7. The lowest BCUT2D eigenvalue weighted by atomic mass is 9.96. The molecule has 4 aromatic rings. The Balaban J connectivity index is 1.93. The highest BCUT2D eigenvalue weighted by atomic mass is 14.2. The van der Waals surface area contributed by atoms with Gasteiger partial charge in [0.1, 0.15) is 0 Å². The third-order valence-corrected chi connectivity index (χ3v) is 4.92. The molecule has 0 N–H and O–H groups in total. The Kier molecular flexibility index (Phi) is 2.20. The van der Waals surface area contributed by atoms with Crippen molar-refractivity contribution in [2.75, 3.05) is 0 Å². The Hall–Kier alpha value is -2.34. The minimum atomic E-state index is 1.24. The van der Waals surface area contributed by atoms with Crippen LogP contribution in [0.25, 0.3) is 32.3 Å². The summed E-state index contributed by atoms with van der Waals surface area (Å²) >= 11 is 0. The molecule has 0 saturated heterocycles. The van der Waals surface area contributed by atoms with E-state index in [0.717, 1.165) is 0 Å². The highest BCUT2D eigenvalue weighted by molar-refractivity contribution is 6.05. The lowest BCUT2D eigenvalue weighted by Gasteiger charge is -2.09. The van der Waals surface area contributed by atoms with E-state index in [9.17, 15) is 0 Å². The molecule has 21 heavy (non-hydrogen) atoms. The van der Waals surface area contributed by atoms with Crippen molar-refractivity contribution in [3.8, 4) is 0 Å². The van der Waals surface area contributed by atoms with Crippen molar-refractivity contribution in [2.24, 2.45) is 0 Å². The molecule has 0 radical (unpaired) electrons. The standard InChI is InChI=1S/C21H16/c1-2-5-16-11-19-13-21-17(12-18(19)10-15(16)4-1)9-8-14-6-3-7-20(14)21/h1-2,4-5,8-13H,3,6-7H2. The number of hydrogen-bond donors (Lipinski definition) is 0. The zero-order valence-electron chi connectivity index (χ0n) is 11.9. The summed E-state index contributed by atoms with van der Waals surface area (Å²) < 4.78 is 0. The van der Waals surface area contributed by atoms with Crippen molar-refractivity contribution in [1.82, 2.24) is 0 Å². The van der Waals surface area contributed by atoms with Crippen LogP contribution in [0.3, 0.4) is 0 Å². The highest BCUT2D eigenvalue weighted by Gasteiger charge is 2.14. The summed E-state index contributed by atoms with van der Waals surface area (Å²) in [5.74, 6) is 0. The van der Waals surface area contributed by atoms with Gasteiger partial charge >= 0.3 is 0 Å². The molecule has 0 spiro atoms. The van der Waals surface area contributed by atoms with Crippen LogP contribution in [0.5, 0.6) is 0 Å². The van der Waals surface area contributed by atoms with Gasteiger partial charge in [0.2, 0.25) is 0 Å². The summed E-state index contributed by atoms with van der Waals surface area (Å²) in [5, 5.41) is 8.22. The molecule has 5 rings (SSSR count). The Morgan fingerprint density at radius 2 is 1.29 bits per heavy atom. The number of rotatable bonds is 0. The number of aryl methyl sites for hydroxylation is 2. The van der Waals surface area contributed by atoms with Gasteiger partial charge in [-0.3, -0.25) is 0 Å². The number of benzene rings is 4. The molecule has 0 amide bonds. The van der Waals surface area contributed by atoms with Crippen molar-refractivity contribution >= 4 is 32.3 Å². The summed E-state index contributed by atoms with van der Waals surface area (Å²) in [5.41, 5.74) is 3.14. The average molecular weight is 268 g/mol. The molecular weight excluding hydrogens is 252 g/mol. The quantitative estimate of drug-likeness (QED) is 0.362. The SMILES string of the molecule is c1ccc2cc3cc4c5c(ccc4cc3cc2c1)CCC5. The van der Waals surface area contributed by atoms with Crippen LogP contribution in [-0.4, -0.2) is 0 Å². The Bertz CT molecular complexity index is 1010. The van der Waals surface area contributed by atoms with Crippen LogP contribution in [0.2, 0.25) is 0 Å². The minimum absolute atomic E-state index is 1.24. The van der Waals surface area contributed by atoms with Gasteiger partial charge in [0.05, 0.1) is 0 Å². The molecule has 100 valence electrons. The molecule has 4 aromatic carbocycles. The normalized spacial score (nSPS) is 14.1. The molecule has 0 bridgehead atoms. The van der Waals surface area contributed by atoms with Crippen molar-refractivity contribution in [2.45, 2.75) is 19.3 Å². The largest absolute Gasteiger partial charge is 0.0616 e. The zero-order valence-corrected chi connectivity index (χ0v) is 11.9. The van der Waals surface area contributed by atoms with Gasteiger partial charge in [-0.15, -0.1) is 0 Å². The third kappa shape index (κ3) is 1.62. The summed E-state index contributed by atoms with van der Waals surface area (Å²) in [7, 11) is 0. The molecule has 0 aliphatic heterocycles. The Morgan fingerprint density at radius 3 is 2.10 bits per heavy atom. The van der Waals surface area contributed by atoms with Crippen molar-refractivity contribution in [1.29, 1.82) is 0 Å². The molecule has 0 heteroatoms. The molecule has 0 aromatic heterocycles. The predicted molar refractivity (Wildman–Crippen MR) is 91.0 cm³/mol. The highest BCUT2D eigenvalue weighted by Crippen LogP contribution is 2.33. The van der Waals surface area contributed by atoms with Gasteiger partial charge in [-0.1, -0.05) is 36.4 Å². The van der Waals surface area contributed by atoms with Gasteiger partial charge < -0.3 is 0 Å². The van der Waals surface area contributed by atoms with Crippen molar-refractivity contribution in [3.05, 3.63) is 71.8 Å². The summed E-state index contributed by atoms with van der Waals surface area (Å²) in [6.45, 7) is 0. The van der Waals surface area contributed by atoms with Gasteiger partial charge in [0.25, 0.3) is 0 Å². The monoisotopic (exact) mass is 268 g/mol. The Morgan fingerprint density at radius 1 is 0.571 bits per heavy atom. The molecular formula is C21H16. The molecule has 0 nitrogen and oxygen atoms in total. The van der Waals surface area contributed by atoms with E-state index >= 15 is 0 Å². The lowest BCUT2D eigenvalue weighted by molar-refractivity contribution is 0.913. The van der Waals surface area contributed by atoms with Crippen molar-refractivity contribution < 1.29 is 0 Å². The fourth-order valence-corrected chi connectivity index (χ4v) is 3.86. The fourth-order valence-electron chi connectivity index (χ4n) is 3.86. The first-order valence-electron chi connectivity index (χ1n) is 7.75. The van der Waals surface area contributed by atoms with E-state index < -0.39 is 0 Å². The van der Waals surface area contributed by atoms with Gasteiger partial charge in [0, 0.05) is 0 Å². The Labute approximate surface area is 124 Å². The smallest absolute Gasteiger partial charge is 0.0143 e. The number of hydrogen-bond acceptors (Lipinski definition) is 0. The van der Waals surface area contributed by atoms with Crippen LogP contribution in [0.1, 0.15) is 17.5 Å².